The van der Waals surface area contributed by atoms with Crippen molar-refractivity contribution in [3.8, 4) is 17.1 Å². The number of carbonyl (C=O) groups is 2. The zero-order chi connectivity index (χ0) is 31.1. The van der Waals surface area contributed by atoms with Crippen LogP contribution in [0.2, 0.25) is 5.02 Å². The number of benzene rings is 3. The van der Waals surface area contributed by atoms with Gasteiger partial charge in [0.15, 0.2) is 11.0 Å². The first-order valence-electron chi connectivity index (χ1n) is 14.2. The lowest BCUT2D eigenvalue weighted by Crippen LogP contribution is -2.55. The van der Waals surface area contributed by atoms with Crippen LogP contribution in [0.15, 0.2) is 90.1 Å². The van der Waals surface area contributed by atoms with Crippen molar-refractivity contribution in [2.75, 3.05) is 25.4 Å². The lowest BCUT2D eigenvalue weighted by atomic mass is 10.1. The third-order valence-corrected chi connectivity index (χ3v) is 8.66. The Hall–Kier alpha value is -4.48. The smallest absolute Gasteiger partial charge is 0.269 e. The number of thioether (sulfide) groups is 1. The van der Waals surface area contributed by atoms with E-state index in [1.165, 1.54) is 18.2 Å². The second kappa shape index (κ2) is 14.3. The van der Waals surface area contributed by atoms with E-state index in [0.29, 0.717) is 54.6 Å². The molecule has 2 heterocycles. The molecular formula is C32H31ClN6O4S. The molecule has 1 aliphatic heterocycles. The molecule has 0 N–H and O–H groups in total. The monoisotopic (exact) mass is 630 g/mol. The first-order chi connectivity index (χ1) is 21.3. The van der Waals surface area contributed by atoms with Crippen molar-refractivity contribution in [3.05, 3.63) is 106 Å². The minimum atomic E-state index is -0.461. The van der Waals surface area contributed by atoms with Crippen LogP contribution in [0.1, 0.15) is 25.3 Å². The van der Waals surface area contributed by atoms with Crippen LogP contribution in [0, 0.1) is 10.1 Å². The van der Waals surface area contributed by atoms with E-state index in [1.54, 1.807) is 34.9 Å². The maximum Gasteiger partial charge on any atom is 0.269 e. The number of nitro benzene ring substituents is 1. The minimum absolute atomic E-state index is 0.000459. The van der Waals surface area contributed by atoms with Gasteiger partial charge in [-0.15, -0.1) is 10.2 Å². The number of piperazine rings is 1. The summed E-state index contributed by atoms with van der Waals surface area (Å²) in [5.74, 6) is 1.25. The summed E-state index contributed by atoms with van der Waals surface area (Å²) in [6.07, 6.45) is 4.17. The Bertz CT molecular complexity index is 1660. The van der Waals surface area contributed by atoms with Crippen molar-refractivity contribution in [2.45, 2.75) is 31.0 Å². The Morgan fingerprint density at radius 1 is 1.02 bits per heavy atom. The number of non-ortho nitro benzene ring substituents is 1. The van der Waals surface area contributed by atoms with Crippen molar-refractivity contribution in [3.63, 3.8) is 0 Å². The normalized spacial score (nSPS) is 15.1. The van der Waals surface area contributed by atoms with Gasteiger partial charge in [-0.2, -0.15) is 0 Å². The van der Waals surface area contributed by atoms with Gasteiger partial charge >= 0.3 is 0 Å². The fourth-order valence-corrected chi connectivity index (χ4v) is 6.13. The summed E-state index contributed by atoms with van der Waals surface area (Å²) < 4.78 is 1.99. The number of aromatic nitrogens is 3. The van der Waals surface area contributed by atoms with E-state index in [-0.39, 0.29) is 23.5 Å². The molecule has 1 aromatic heterocycles. The van der Waals surface area contributed by atoms with Crippen LogP contribution in [-0.4, -0.2) is 72.7 Å². The zero-order valence-corrected chi connectivity index (χ0v) is 25.7. The van der Waals surface area contributed by atoms with E-state index in [1.807, 2.05) is 71.0 Å². The number of hydrogen-bond donors (Lipinski definition) is 0. The first kappa shape index (κ1) is 31.0. The largest absolute Gasteiger partial charge is 0.339 e. The van der Waals surface area contributed by atoms with E-state index in [2.05, 4.69) is 10.2 Å². The second-order valence-corrected chi connectivity index (χ2v) is 11.8. The summed E-state index contributed by atoms with van der Waals surface area (Å²) in [5, 5.41) is 21.0. The van der Waals surface area contributed by atoms with Crippen molar-refractivity contribution in [1.29, 1.82) is 0 Å². The number of para-hydroxylation sites is 1. The maximum atomic E-state index is 13.0. The van der Waals surface area contributed by atoms with Crippen LogP contribution in [0.5, 0.6) is 0 Å². The average molecular weight is 631 g/mol. The third-order valence-electron chi connectivity index (χ3n) is 7.31. The highest BCUT2D eigenvalue weighted by molar-refractivity contribution is 7.99. The van der Waals surface area contributed by atoms with E-state index in [4.69, 9.17) is 11.6 Å². The summed E-state index contributed by atoms with van der Waals surface area (Å²) >= 11 is 8.02. The molecule has 1 saturated heterocycles. The van der Waals surface area contributed by atoms with Crippen LogP contribution in [-0.2, 0) is 9.59 Å². The molecule has 1 aliphatic rings. The predicted molar refractivity (Wildman–Crippen MR) is 172 cm³/mol. The van der Waals surface area contributed by atoms with Crippen LogP contribution < -0.4 is 0 Å². The van der Waals surface area contributed by atoms with Crippen molar-refractivity contribution in [2.24, 2.45) is 0 Å². The molecule has 1 unspecified atom stereocenters. The van der Waals surface area contributed by atoms with Gasteiger partial charge in [0.2, 0.25) is 11.8 Å². The molecule has 0 bridgehead atoms. The molecule has 44 heavy (non-hydrogen) atoms. The molecule has 0 aliphatic carbocycles. The quantitative estimate of drug-likeness (QED) is 0.0679. The molecule has 3 aromatic carbocycles. The van der Waals surface area contributed by atoms with Crippen LogP contribution in [0.4, 0.5) is 5.69 Å². The molecule has 0 saturated carbocycles. The van der Waals surface area contributed by atoms with E-state index < -0.39 is 4.92 Å². The zero-order valence-electron chi connectivity index (χ0n) is 24.1. The summed E-state index contributed by atoms with van der Waals surface area (Å²) in [6.45, 7) is 3.31. The lowest BCUT2D eigenvalue weighted by molar-refractivity contribution is -0.384. The highest BCUT2D eigenvalue weighted by atomic mass is 35.5. The van der Waals surface area contributed by atoms with E-state index >= 15 is 0 Å². The van der Waals surface area contributed by atoms with E-state index in [0.717, 1.165) is 16.4 Å². The molecule has 2 amide bonds. The first-order valence-corrected chi connectivity index (χ1v) is 15.6. The Balaban J connectivity index is 1.13. The molecule has 0 spiro atoms. The Kier molecular flexibility index (Phi) is 10.1. The van der Waals surface area contributed by atoms with Gasteiger partial charge in [0.25, 0.3) is 5.69 Å². The summed E-state index contributed by atoms with van der Waals surface area (Å²) in [4.78, 5) is 39.8. The molecule has 5 rings (SSSR count). The second-order valence-electron chi connectivity index (χ2n) is 10.3. The molecule has 12 heteroatoms. The molecule has 1 fully saturated rings. The predicted octanol–water partition coefficient (Wildman–Crippen LogP) is 6.14. The standard InChI is InChI=1S/C32H31ClN6O4S/c1-23-22-36(19-20-37(23)30(41)18-15-24-13-16-26(17-14-24)39(42)43)29(40)12-7-21-44-32-35-34-31(27-10-5-6-11-28(27)33)38(32)25-8-3-2-4-9-25/h2-6,8-11,13-18,23H,7,12,19-22H2,1H3. The molecular weight excluding hydrogens is 600 g/mol. The number of hydrogen-bond acceptors (Lipinski definition) is 7. The van der Waals surface area contributed by atoms with Gasteiger partial charge in [0.05, 0.1) is 9.95 Å². The summed E-state index contributed by atoms with van der Waals surface area (Å²) in [7, 11) is 0. The van der Waals surface area contributed by atoms with Crippen molar-refractivity contribution >= 4 is 46.9 Å². The fourth-order valence-electron chi connectivity index (χ4n) is 5.02. The number of nitrogens with zero attached hydrogens (tertiary/aromatic N) is 6. The highest BCUT2D eigenvalue weighted by Gasteiger charge is 2.28. The summed E-state index contributed by atoms with van der Waals surface area (Å²) in [5.41, 5.74) is 2.42. The Morgan fingerprint density at radius 2 is 1.75 bits per heavy atom. The van der Waals surface area contributed by atoms with Crippen LogP contribution in [0.25, 0.3) is 23.2 Å². The SMILES string of the molecule is CC1CN(C(=O)CCCSc2nnc(-c3ccccc3Cl)n2-c2ccccc2)CCN1C(=O)C=Cc1ccc([N+](=O)[O-])cc1. The molecule has 0 radical (unpaired) electrons. The average Bonchev–Trinajstić information content (AvgIpc) is 3.46. The number of amides is 2. The third kappa shape index (κ3) is 7.35. The number of carbonyl (C=O) groups excluding carboxylic acids is 2. The van der Waals surface area contributed by atoms with Crippen LogP contribution in [0.3, 0.4) is 0 Å². The van der Waals surface area contributed by atoms with Crippen LogP contribution >= 0.6 is 23.4 Å². The van der Waals surface area contributed by atoms with Gasteiger partial charge in [-0.1, -0.05) is 53.7 Å². The molecule has 226 valence electrons. The fraction of sp³-hybridized carbons (Fsp3) is 0.250. The lowest BCUT2D eigenvalue weighted by Gasteiger charge is -2.39. The Morgan fingerprint density at radius 3 is 2.45 bits per heavy atom. The van der Waals surface area contributed by atoms with Gasteiger partial charge in [0, 0.05) is 67.3 Å². The molecule has 1 atom stereocenters. The Labute approximate surface area is 264 Å². The molecule has 10 nitrogen and oxygen atoms in total. The maximum absolute atomic E-state index is 13.0. The van der Waals surface area contributed by atoms with Crippen molar-refractivity contribution in [1.82, 2.24) is 24.6 Å². The number of nitro groups is 1. The number of halogens is 1. The van der Waals surface area contributed by atoms with Gasteiger partial charge in [0.1, 0.15) is 0 Å². The molecule has 4 aromatic rings. The minimum Gasteiger partial charge on any atom is -0.339 e. The number of rotatable bonds is 10. The topological polar surface area (TPSA) is 114 Å². The highest BCUT2D eigenvalue weighted by Crippen LogP contribution is 2.32. The van der Waals surface area contributed by atoms with E-state index in [9.17, 15) is 19.7 Å². The van der Waals surface area contributed by atoms with Gasteiger partial charge in [-0.25, -0.2) is 0 Å². The van der Waals surface area contributed by atoms with Gasteiger partial charge < -0.3 is 9.80 Å². The summed E-state index contributed by atoms with van der Waals surface area (Å²) in [6, 6.07) is 23.3. The van der Waals surface area contributed by atoms with Gasteiger partial charge in [-0.05, 0) is 61.4 Å². The van der Waals surface area contributed by atoms with Crippen molar-refractivity contribution < 1.29 is 14.5 Å². The van der Waals surface area contributed by atoms with Gasteiger partial charge in [-0.3, -0.25) is 24.3 Å².